The summed E-state index contributed by atoms with van der Waals surface area (Å²) in [6, 6.07) is 8.55. The molecule has 2 aromatic rings. The van der Waals surface area contributed by atoms with E-state index in [1.54, 1.807) is 26.0 Å². The standard InChI is InChI=1S/C24H29N3O6S/c1-14-7-8-20(32-4)18(10-14)26-24(29)17-6-5-9-27(13-17)34(30,31)22-12-21-19(11-15(22)2)25-23(28)16(3)33-21/h7-8,10-12,16-17H,5-6,9,13H2,1-4H3,(H,25,28)(H,26,29)/t16-,17-/m1/s1. The molecule has 0 saturated carbocycles. The number of hydrogen-bond donors (Lipinski definition) is 2. The van der Waals surface area contributed by atoms with Gasteiger partial charge in [0.1, 0.15) is 11.5 Å². The van der Waals surface area contributed by atoms with Crippen LogP contribution >= 0.6 is 0 Å². The maximum atomic E-state index is 13.5. The first-order valence-corrected chi connectivity index (χ1v) is 12.6. The van der Waals surface area contributed by atoms with Crippen LogP contribution in [0.1, 0.15) is 30.9 Å². The zero-order chi connectivity index (χ0) is 24.6. The molecule has 0 radical (unpaired) electrons. The van der Waals surface area contributed by atoms with E-state index < -0.39 is 22.0 Å². The Morgan fingerprint density at radius 2 is 2.00 bits per heavy atom. The number of carbonyl (C=O) groups is 2. The minimum absolute atomic E-state index is 0.0762. The fraction of sp³-hybridized carbons (Fsp3) is 0.417. The van der Waals surface area contributed by atoms with Crippen LogP contribution in [0, 0.1) is 19.8 Å². The number of sulfonamides is 1. The molecular formula is C24H29N3O6S. The molecule has 0 aromatic heterocycles. The second kappa shape index (κ2) is 9.27. The molecule has 182 valence electrons. The summed E-state index contributed by atoms with van der Waals surface area (Å²) in [5.74, 6) is -0.162. The van der Waals surface area contributed by atoms with E-state index in [4.69, 9.17) is 9.47 Å². The monoisotopic (exact) mass is 487 g/mol. The van der Waals surface area contributed by atoms with E-state index in [1.165, 1.54) is 17.5 Å². The highest BCUT2D eigenvalue weighted by Crippen LogP contribution is 2.36. The number of rotatable bonds is 5. The Bertz CT molecular complexity index is 1240. The maximum absolute atomic E-state index is 13.5. The molecule has 0 bridgehead atoms. The Hall–Kier alpha value is -3.11. The number of ether oxygens (including phenoxy) is 2. The van der Waals surface area contributed by atoms with Crippen molar-refractivity contribution in [3.8, 4) is 11.5 Å². The van der Waals surface area contributed by atoms with E-state index in [1.807, 2.05) is 19.1 Å². The Morgan fingerprint density at radius 1 is 1.24 bits per heavy atom. The summed E-state index contributed by atoms with van der Waals surface area (Å²) in [5.41, 5.74) is 2.47. The number of amides is 2. The molecule has 34 heavy (non-hydrogen) atoms. The fourth-order valence-electron chi connectivity index (χ4n) is 4.29. The van der Waals surface area contributed by atoms with Crippen LogP contribution in [0.3, 0.4) is 0 Å². The van der Waals surface area contributed by atoms with Crippen LogP contribution in [-0.2, 0) is 19.6 Å². The maximum Gasteiger partial charge on any atom is 0.265 e. The first-order chi connectivity index (χ1) is 16.1. The van der Waals surface area contributed by atoms with Gasteiger partial charge in [-0.3, -0.25) is 9.59 Å². The van der Waals surface area contributed by atoms with Gasteiger partial charge in [-0.15, -0.1) is 0 Å². The minimum Gasteiger partial charge on any atom is -0.495 e. The summed E-state index contributed by atoms with van der Waals surface area (Å²) in [6.07, 6.45) is 0.435. The Balaban J connectivity index is 1.55. The second-order valence-corrected chi connectivity index (χ2v) is 10.7. The number of benzene rings is 2. The Morgan fingerprint density at radius 3 is 2.74 bits per heavy atom. The smallest absolute Gasteiger partial charge is 0.265 e. The SMILES string of the molecule is COc1ccc(C)cc1NC(=O)[C@@H]1CCCN(S(=O)(=O)c2cc3c(cc2C)NC(=O)[C@@H](C)O3)C1. The number of methoxy groups -OCH3 is 1. The quantitative estimate of drug-likeness (QED) is 0.670. The van der Waals surface area contributed by atoms with Gasteiger partial charge in [-0.25, -0.2) is 8.42 Å². The third kappa shape index (κ3) is 4.60. The lowest BCUT2D eigenvalue weighted by molar-refractivity contribution is -0.123. The summed E-state index contributed by atoms with van der Waals surface area (Å²) in [4.78, 5) is 25.0. The number of fused-ring (bicyclic) bond motifs is 1. The number of hydrogen-bond acceptors (Lipinski definition) is 6. The molecule has 4 rings (SSSR count). The number of piperidine rings is 1. The van der Waals surface area contributed by atoms with Crippen molar-refractivity contribution in [2.75, 3.05) is 30.8 Å². The van der Waals surface area contributed by atoms with Gasteiger partial charge in [0.2, 0.25) is 15.9 Å². The summed E-state index contributed by atoms with van der Waals surface area (Å²) in [5, 5.41) is 5.63. The molecule has 2 atom stereocenters. The molecule has 0 spiro atoms. The number of aryl methyl sites for hydroxylation is 2. The summed E-state index contributed by atoms with van der Waals surface area (Å²) in [6.45, 7) is 5.59. The first-order valence-electron chi connectivity index (χ1n) is 11.2. The fourth-order valence-corrected chi connectivity index (χ4v) is 6.03. The van der Waals surface area contributed by atoms with Crippen molar-refractivity contribution < 1.29 is 27.5 Å². The third-order valence-electron chi connectivity index (χ3n) is 6.19. The van der Waals surface area contributed by atoms with E-state index in [0.29, 0.717) is 47.8 Å². The highest BCUT2D eigenvalue weighted by atomic mass is 32.2. The van der Waals surface area contributed by atoms with Crippen LogP contribution in [0.25, 0.3) is 0 Å². The van der Waals surface area contributed by atoms with Crippen LogP contribution in [0.4, 0.5) is 11.4 Å². The van der Waals surface area contributed by atoms with E-state index >= 15 is 0 Å². The lowest BCUT2D eigenvalue weighted by Gasteiger charge is -2.32. The lowest BCUT2D eigenvalue weighted by Crippen LogP contribution is -2.44. The average molecular weight is 488 g/mol. The average Bonchev–Trinajstić information content (AvgIpc) is 2.80. The second-order valence-electron chi connectivity index (χ2n) is 8.76. The van der Waals surface area contributed by atoms with Crippen molar-refractivity contribution in [1.82, 2.24) is 4.31 Å². The van der Waals surface area contributed by atoms with Crippen molar-refractivity contribution in [2.45, 2.75) is 44.6 Å². The highest BCUT2D eigenvalue weighted by Gasteiger charge is 2.35. The molecular weight excluding hydrogens is 458 g/mol. The molecule has 0 aliphatic carbocycles. The van der Waals surface area contributed by atoms with Crippen molar-refractivity contribution in [3.63, 3.8) is 0 Å². The van der Waals surface area contributed by atoms with E-state index in [9.17, 15) is 18.0 Å². The lowest BCUT2D eigenvalue weighted by atomic mass is 9.98. The zero-order valence-electron chi connectivity index (χ0n) is 19.7. The molecule has 2 N–H and O–H groups in total. The van der Waals surface area contributed by atoms with Gasteiger partial charge in [-0.2, -0.15) is 4.31 Å². The van der Waals surface area contributed by atoms with Crippen molar-refractivity contribution >= 4 is 33.2 Å². The summed E-state index contributed by atoms with van der Waals surface area (Å²) >= 11 is 0. The first kappa shape index (κ1) is 24.0. The van der Waals surface area contributed by atoms with Gasteiger partial charge >= 0.3 is 0 Å². The molecule has 2 aliphatic rings. The van der Waals surface area contributed by atoms with E-state index in [-0.39, 0.29) is 23.3 Å². The van der Waals surface area contributed by atoms with Crippen molar-refractivity contribution in [2.24, 2.45) is 5.92 Å². The van der Waals surface area contributed by atoms with Crippen LogP contribution in [0.2, 0.25) is 0 Å². The minimum atomic E-state index is -3.88. The third-order valence-corrected chi connectivity index (χ3v) is 8.20. The van der Waals surface area contributed by atoms with Gasteiger partial charge in [0.25, 0.3) is 5.91 Å². The van der Waals surface area contributed by atoms with Crippen LogP contribution in [0.15, 0.2) is 35.2 Å². The zero-order valence-corrected chi connectivity index (χ0v) is 20.5. The molecule has 2 amide bonds. The topological polar surface area (TPSA) is 114 Å². The Labute approximate surface area is 199 Å². The normalized spacial score (nSPS) is 20.6. The number of nitrogens with zero attached hydrogens (tertiary/aromatic N) is 1. The molecule has 2 aliphatic heterocycles. The van der Waals surface area contributed by atoms with E-state index in [2.05, 4.69) is 10.6 Å². The molecule has 2 aromatic carbocycles. The predicted molar refractivity (Wildman–Crippen MR) is 128 cm³/mol. The van der Waals surface area contributed by atoms with Gasteiger partial charge in [0.05, 0.1) is 29.3 Å². The van der Waals surface area contributed by atoms with Gasteiger partial charge in [0, 0.05) is 19.2 Å². The number of anilines is 2. The molecule has 10 heteroatoms. The van der Waals surface area contributed by atoms with Crippen LogP contribution in [0.5, 0.6) is 11.5 Å². The highest BCUT2D eigenvalue weighted by molar-refractivity contribution is 7.89. The van der Waals surface area contributed by atoms with Crippen LogP contribution < -0.4 is 20.1 Å². The molecule has 2 heterocycles. The number of nitrogens with one attached hydrogen (secondary N) is 2. The van der Waals surface area contributed by atoms with Gasteiger partial charge in [-0.1, -0.05) is 6.07 Å². The number of carbonyl (C=O) groups excluding carboxylic acids is 2. The molecule has 0 unspecified atom stereocenters. The van der Waals surface area contributed by atoms with Gasteiger partial charge < -0.3 is 20.1 Å². The Kier molecular flexibility index (Phi) is 6.55. The van der Waals surface area contributed by atoms with Crippen LogP contribution in [-0.4, -0.2) is 50.8 Å². The molecule has 1 fully saturated rings. The molecule has 1 saturated heterocycles. The van der Waals surface area contributed by atoms with Gasteiger partial charge in [-0.05, 0) is 62.9 Å². The predicted octanol–water partition coefficient (Wildman–Crippen LogP) is 3.07. The summed E-state index contributed by atoms with van der Waals surface area (Å²) < 4.78 is 39.4. The van der Waals surface area contributed by atoms with Gasteiger partial charge in [0.15, 0.2) is 6.10 Å². The van der Waals surface area contributed by atoms with Crippen molar-refractivity contribution in [3.05, 3.63) is 41.5 Å². The molecule has 9 nitrogen and oxygen atoms in total. The van der Waals surface area contributed by atoms with Crippen molar-refractivity contribution in [1.29, 1.82) is 0 Å². The largest absolute Gasteiger partial charge is 0.495 e. The summed E-state index contributed by atoms with van der Waals surface area (Å²) in [7, 11) is -2.35. The van der Waals surface area contributed by atoms with E-state index in [0.717, 1.165) is 5.56 Å².